The van der Waals surface area contributed by atoms with E-state index in [1.807, 2.05) is 36.8 Å². The zero-order chi connectivity index (χ0) is 19.5. The maximum Gasteiger partial charge on any atom is 0.407 e. The number of anilines is 1. The van der Waals surface area contributed by atoms with E-state index in [4.69, 9.17) is 15.5 Å². The molecule has 156 valence electrons. The quantitative estimate of drug-likeness (QED) is 0.635. The van der Waals surface area contributed by atoms with Crippen LogP contribution in [0.15, 0.2) is 36.8 Å². The Balaban J connectivity index is 0.00000240. The molecule has 0 aromatic carbocycles. The van der Waals surface area contributed by atoms with Gasteiger partial charge in [-0.15, -0.1) is 0 Å². The van der Waals surface area contributed by atoms with Gasteiger partial charge < -0.3 is 25.4 Å². The van der Waals surface area contributed by atoms with Crippen LogP contribution in [0.2, 0.25) is 0 Å². The van der Waals surface area contributed by atoms with E-state index in [1.54, 1.807) is 11.4 Å². The van der Waals surface area contributed by atoms with Crippen molar-refractivity contribution in [1.82, 2.24) is 24.6 Å². The number of hydrogen-bond acceptors (Lipinski definition) is 8. The lowest BCUT2D eigenvalue weighted by molar-refractivity contribution is 0.108. The van der Waals surface area contributed by atoms with Crippen LogP contribution in [0, 0.1) is 0 Å². The molecule has 9 nitrogen and oxygen atoms in total. The molecule has 4 rings (SSSR count). The fourth-order valence-corrected chi connectivity index (χ4v) is 3.85. The third-order valence-corrected chi connectivity index (χ3v) is 5.50. The van der Waals surface area contributed by atoms with Crippen LogP contribution < -0.4 is 20.7 Å². The van der Waals surface area contributed by atoms with Gasteiger partial charge in [-0.2, -0.15) is 5.10 Å². The Labute approximate surface area is 174 Å². The van der Waals surface area contributed by atoms with Crippen molar-refractivity contribution in [3.63, 3.8) is 0 Å². The van der Waals surface area contributed by atoms with Crippen molar-refractivity contribution in [3.05, 3.63) is 42.4 Å². The third-order valence-electron chi connectivity index (χ3n) is 4.67. The van der Waals surface area contributed by atoms with Gasteiger partial charge in [-0.3, -0.25) is 0 Å². The molecular formula is C19H27N7O2S. The lowest BCUT2D eigenvalue weighted by atomic mass is 10.3. The molecule has 0 bridgehead atoms. The lowest BCUT2D eigenvalue weighted by Gasteiger charge is -2.19. The van der Waals surface area contributed by atoms with Crippen molar-refractivity contribution >= 4 is 34.4 Å². The van der Waals surface area contributed by atoms with E-state index < -0.39 is 6.09 Å². The topological polar surface area (TPSA) is 110 Å². The molecule has 29 heavy (non-hydrogen) atoms. The number of alkyl carbamates (subject to hydrolysis) is 1. The Kier molecular flexibility index (Phi) is 6.65. The second kappa shape index (κ2) is 9.19. The molecule has 0 saturated carbocycles. The number of nitrogens with two attached hydrogens (primary N) is 1. The van der Waals surface area contributed by atoms with E-state index in [0.29, 0.717) is 13.1 Å². The summed E-state index contributed by atoms with van der Waals surface area (Å²) in [6.07, 6.45) is 9.74. The summed E-state index contributed by atoms with van der Waals surface area (Å²) < 4.78 is 10.1. The molecule has 2 aromatic heterocycles. The minimum Gasteiger partial charge on any atom is -0.445 e. The van der Waals surface area contributed by atoms with E-state index in [9.17, 15) is 4.79 Å². The van der Waals surface area contributed by atoms with Gasteiger partial charge in [-0.1, -0.05) is 7.43 Å². The fraction of sp³-hybridized carbons (Fsp3) is 0.421. The maximum absolute atomic E-state index is 11.9. The Morgan fingerprint density at radius 3 is 3.17 bits per heavy atom. The van der Waals surface area contributed by atoms with Gasteiger partial charge in [-0.25, -0.2) is 14.3 Å². The largest absolute Gasteiger partial charge is 0.445 e. The first-order valence-corrected chi connectivity index (χ1v) is 10.0. The highest BCUT2D eigenvalue weighted by Crippen LogP contribution is 2.30. The molecule has 0 aliphatic carbocycles. The molecule has 2 atom stereocenters. The number of ether oxygens (including phenoxy) is 1. The zero-order valence-corrected chi connectivity index (χ0v) is 16.4. The zero-order valence-electron chi connectivity index (χ0n) is 15.5. The first-order chi connectivity index (χ1) is 13.6. The number of hydrogen-bond donors (Lipinski definition) is 3. The Hall–Kier alpha value is -2.72. The summed E-state index contributed by atoms with van der Waals surface area (Å²) in [5.74, 6) is 0.868. The Morgan fingerprint density at radius 2 is 2.41 bits per heavy atom. The average molecular weight is 418 g/mol. The molecule has 2 unspecified atom stereocenters. The second-order valence-corrected chi connectivity index (χ2v) is 7.63. The summed E-state index contributed by atoms with van der Waals surface area (Å²) in [5.41, 5.74) is 7.28. The van der Waals surface area contributed by atoms with Gasteiger partial charge in [0.2, 0.25) is 0 Å². The van der Waals surface area contributed by atoms with Crippen LogP contribution in [0.3, 0.4) is 0 Å². The second-order valence-electron chi connectivity index (χ2n) is 6.75. The number of carbonyl (C=O) groups is 1. The highest BCUT2D eigenvalue weighted by Gasteiger charge is 2.26. The van der Waals surface area contributed by atoms with Gasteiger partial charge in [-0.05, 0) is 43.5 Å². The van der Waals surface area contributed by atoms with Crippen molar-refractivity contribution in [2.75, 3.05) is 24.5 Å². The van der Waals surface area contributed by atoms with Gasteiger partial charge in [0.1, 0.15) is 11.9 Å². The van der Waals surface area contributed by atoms with Gasteiger partial charge in [0.15, 0.2) is 5.65 Å². The summed E-state index contributed by atoms with van der Waals surface area (Å²) in [5, 5.41) is 7.30. The molecule has 1 amide bonds. The van der Waals surface area contributed by atoms with E-state index in [1.165, 1.54) is 11.9 Å². The van der Waals surface area contributed by atoms with Gasteiger partial charge >= 0.3 is 6.09 Å². The molecule has 0 spiro atoms. The standard InChI is InChI=1S/C18H23N7O2S.CH4/c1-12(9-19)27-18(26)22-13-4-7-24(11-13)16-5-8-25-17(23-16)14(10-20-25)15-3-2-6-21-28-15;/h2-3,5-6,8,10,12-13,21H,4,7,9,11,19H2,1H3,(H,22,26);1H4. The number of carbonyl (C=O) groups excluding carboxylic acids is 1. The Bertz CT molecular complexity index is 926. The molecule has 2 aromatic rings. The van der Waals surface area contributed by atoms with Gasteiger partial charge in [0.25, 0.3) is 0 Å². The predicted molar refractivity (Wildman–Crippen MR) is 116 cm³/mol. The van der Waals surface area contributed by atoms with E-state index in [2.05, 4.69) is 20.0 Å². The minimum atomic E-state index is -0.423. The number of aromatic nitrogens is 3. The predicted octanol–water partition coefficient (Wildman–Crippen LogP) is 2.12. The van der Waals surface area contributed by atoms with Crippen LogP contribution in [-0.2, 0) is 4.74 Å². The molecule has 4 heterocycles. The fourth-order valence-electron chi connectivity index (χ4n) is 3.18. The normalized spacial score (nSPS) is 19.3. The molecule has 1 saturated heterocycles. The molecular weight excluding hydrogens is 390 g/mol. The maximum atomic E-state index is 11.9. The monoisotopic (exact) mass is 417 g/mol. The third kappa shape index (κ3) is 4.65. The van der Waals surface area contributed by atoms with Crippen LogP contribution in [0.4, 0.5) is 10.6 Å². The molecule has 10 heteroatoms. The molecule has 1 fully saturated rings. The van der Waals surface area contributed by atoms with Crippen molar-refractivity contribution in [1.29, 1.82) is 0 Å². The molecule has 0 radical (unpaired) electrons. The van der Waals surface area contributed by atoms with Gasteiger partial charge in [0.05, 0.1) is 17.8 Å². The SMILES string of the molecule is C.CC(CN)OC(=O)NC1CCN(c2ccn3ncc(C4=CC=CNS4)c3n2)C1. The summed E-state index contributed by atoms with van der Waals surface area (Å²) in [6.45, 7) is 3.57. The average Bonchev–Trinajstić information content (AvgIpc) is 3.34. The van der Waals surface area contributed by atoms with Crippen molar-refractivity contribution in [2.24, 2.45) is 5.73 Å². The van der Waals surface area contributed by atoms with Gasteiger partial charge in [0, 0.05) is 36.9 Å². The van der Waals surface area contributed by atoms with Crippen molar-refractivity contribution < 1.29 is 9.53 Å². The number of nitrogens with one attached hydrogen (secondary N) is 2. The number of nitrogens with zero attached hydrogens (tertiary/aromatic N) is 4. The van der Waals surface area contributed by atoms with Crippen LogP contribution in [0.1, 0.15) is 26.3 Å². The molecule has 2 aliphatic heterocycles. The molecule has 2 aliphatic rings. The highest BCUT2D eigenvalue weighted by molar-refractivity contribution is 8.06. The smallest absolute Gasteiger partial charge is 0.407 e. The van der Waals surface area contributed by atoms with Crippen LogP contribution >= 0.6 is 11.9 Å². The van der Waals surface area contributed by atoms with E-state index in [-0.39, 0.29) is 19.6 Å². The number of rotatable bonds is 5. The minimum absolute atomic E-state index is 0. The Morgan fingerprint density at radius 1 is 1.55 bits per heavy atom. The van der Waals surface area contributed by atoms with Crippen LogP contribution in [0.25, 0.3) is 10.6 Å². The van der Waals surface area contributed by atoms with E-state index >= 15 is 0 Å². The van der Waals surface area contributed by atoms with E-state index in [0.717, 1.165) is 34.9 Å². The first-order valence-electron chi connectivity index (χ1n) is 9.20. The van der Waals surface area contributed by atoms with Crippen LogP contribution in [0.5, 0.6) is 0 Å². The number of amides is 1. The summed E-state index contributed by atoms with van der Waals surface area (Å²) in [7, 11) is 0. The van der Waals surface area contributed by atoms with Crippen LogP contribution in [-0.4, -0.2) is 52.5 Å². The van der Waals surface area contributed by atoms with Crippen molar-refractivity contribution in [2.45, 2.75) is 32.9 Å². The summed E-state index contributed by atoms with van der Waals surface area (Å²) in [6, 6.07) is 1.97. The highest BCUT2D eigenvalue weighted by atomic mass is 32.2. The summed E-state index contributed by atoms with van der Waals surface area (Å²) in [4.78, 5) is 20.0. The number of fused-ring (bicyclic) bond motifs is 1. The van der Waals surface area contributed by atoms with Crippen molar-refractivity contribution in [3.8, 4) is 0 Å². The summed E-state index contributed by atoms with van der Waals surface area (Å²) >= 11 is 1.53. The molecule has 4 N–H and O–H groups in total. The first kappa shape index (κ1) is 21.0. The lowest BCUT2D eigenvalue weighted by Crippen LogP contribution is -2.39. The number of allylic oxidation sites excluding steroid dienone is 2.